The Bertz CT molecular complexity index is 748. The Labute approximate surface area is 136 Å². The predicted octanol–water partition coefficient (Wildman–Crippen LogP) is 6.55. The fraction of sp³-hybridized carbons (Fsp3) is 0.176. The van der Waals surface area contributed by atoms with E-state index < -0.39 is 0 Å². The van der Waals surface area contributed by atoms with Crippen molar-refractivity contribution >= 4 is 49.6 Å². The molecule has 3 aromatic rings. The molecule has 1 heterocycles. The fourth-order valence-electron chi connectivity index (χ4n) is 2.38. The lowest BCUT2D eigenvalue weighted by Crippen LogP contribution is -1.92. The van der Waals surface area contributed by atoms with Crippen LogP contribution >= 0.6 is 38.9 Å². The maximum atomic E-state index is 6.73. The molecule has 0 nitrogen and oxygen atoms in total. The zero-order valence-corrected chi connectivity index (χ0v) is 14.2. The minimum atomic E-state index is -0.0849. The van der Waals surface area contributed by atoms with Crippen LogP contribution < -0.4 is 0 Å². The van der Waals surface area contributed by atoms with Gasteiger partial charge in [0.05, 0.1) is 5.38 Å². The summed E-state index contributed by atoms with van der Waals surface area (Å²) >= 11 is 12.1. The zero-order valence-electron chi connectivity index (χ0n) is 11.1. The molecule has 0 amide bonds. The van der Waals surface area contributed by atoms with E-state index in [1.165, 1.54) is 26.1 Å². The molecule has 3 rings (SSSR count). The van der Waals surface area contributed by atoms with Gasteiger partial charge in [-0.05, 0) is 41.0 Å². The molecule has 0 radical (unpaired) electrons. The van der Waals surface area contributed by atoms with E-state index in [4.69, 9.17) is 11.6 Å². The molecule has 102 valence electrons. The molecule has 0 N–H and O–H groups in total. The van der Waals surface area contributed by atoms with Crippen LogP contribution in [0.1, 0.15) is 27.6 Å². The quantitative estimate of drug-likeness (QED) is 0.461. The molecule has 0 spiro atoms. The van der Waals surface area contributed by atoms with Crippen LogP contribution in [0.2, 0.25) is 0 Å². The van der Waals surface area contributed by atoms with Crippen molar-refractivity contribution in [1.82, 2.24) is 0 Å². The second-order valence-electron chi connectivity index (χ2n) is 4.70. The van der Waals surface area contributed by atoms with Crippen molar-refractivity contribution in [2.45, 2.75) is 18.7 Å². The molecule has 1 aromatic heterocycles. The van der Waals surface area contributed by atoms with Crippen LogP contribution in [0.3, 0.4) is 0 Å². The molecule has 2 aromatic carbocycles. The lowest BCUT2D eigenvalue weighted by Gasteiger charge is -2.12. The molecule has 3 heteroatoms. The van der Waals surface area contributed by atoms with Gasteiger partial charge in [-0.15, -0.1) is 22.9 Å². The van der Waals surface area contributed by atoms with Gasteiger partial charge >= 0.3 is 0 Å². The highest BCUT2D eigenvalue weighted by Crippen LogP contribution is 2.39. The molecule has 1 unspecified atom stereocenters. The smallest absolute Gasteiger partial charge is 0.0933 e. The second kappa shape index (κ2) is 5.88. The number of aryl methyl sites for hydroxylation is 1. The van der Waals surface area contributed by atoms with Gasteiger partial charge in [-0.3, -0.25) is 0 Å². The molecular weight excluding hydrogens is 352 g/mol. The maximum Gasteiger partial charge on any atom is 0.0933 e. The summed E-state index contributed by atoms with van der Waals surface area (Å²) in [4.78, 5) is 2.60. The van der Waals surface area contributed by atoms with Crippen molar-refractivity contribution < 1.29 is 0 Å². The van der Waals surface area contributed by atoms with E-state index >= 15 is 0 Å². The second-order valence-corrected chi connectivity index (χ2v) is 7.19. The zero-order chi connectivity index (χ0) is 14.1. The number of hydrogen-bond donors (Lipinski definition) is 0. The third kappa shape index (κ3) is 2.52. The summed E-state index contributed by atoms with van der Waals surface area (Å²) in [6, 6.07) is 16.9. The number of alkyl halides is 1. The van der Waals surface area contributed by atoms with Gasteiger partial charge in [-0.1, -0.05) is 53.2 Å². The predicted molar refractivity (Wildman–Crippen MR) is 93.0 cm³/mol. The summed E-state index contributed by atoms with van der Waals surface area (Å²) < 4.78 is 1.11. The Morgan fingerprint density at radius 3 is 2.50 bits per heavy atom. The van der Waals surface area contributed by atoms with Gasteiger partial charge in [0.2, 0.25) is 0 Å². The van der Waals surface area contributed by atoms with Gasteiger partial charge in [-0.25, -0.2) is 0 Å². The number of halogens is 2. The van der Waals surface area contributed by atoms with Crippen LogP contribution in [0.4, 0.5) is 0 Å². The van der Waals surface area contributed by atoms with Crippen LogP contribution in [0.15, 0.2) is 53.0 Å². The number of fused-ring (bicyclic) bond motifs is 1. The summed E-state index contributed by atoms with van der Waals surface area (Å²) in [6.45, 7) is 2.17. The summed E-state index contributed by atoms with van der Waals surface area (Å²) in [7, 11) is 0. The van der Waals surface area contributed by atoms with Crippen LogP contribution in [0.25, 0.3) is 10.8 Å². The molecule has 0 saturated carbocycles. The number of thiophene rings is 1. The minimum Gasteiger partial charge on any atom is -0.143 e. The van der Waals surface area contributed by atoms with Crippen LogP contribution in [-0.4, -0.2) is 0 Å². The third-order valence-corrected chi connectivity index (χ3v) is 6.04. The number of rotatable bonds is 3. The van der Waals surface area contributed by atoms with Gasteiger partial charge in [0.25, 0.3) is 0 Å². The summed E-state index contributed by atoms with van der Waals surface area (Å²) in [6.07, 6.45) is 1.06. The van der Waals surface area contributed by atoms with E-state index in [2.05, 4.69) is 71.4 Å². The van der Waals surface area contributed by atoms with E-state index in [-0.39, 0.29) is 5.38 Å². The topological polar surface area (TPSA) is 0 Å². The molecule has 0 aliphatic heterocycles. The molecule has 0 aliphatic rings. The Hall–Kier alpha value is -0.830. The molecular formula is C17H14BrClS. The third-order valence-electron chi connectivity index (χ3n) is 3.46. The lowest BCUT2D eigenvalue weighted by molar-refractivity contribution is 1.19. The molecule has 0 bridgehead atoms. The van der Waals surface area contributed by atoms with Gasteiger partial charge in [0.1, 0.15) is 0 Å². The van der Waals surface area contributed by atoms with Gasteiger partial charge in [0, 0.05) is 14.2 Å². The molecule has 1 atom stereocenters. The van der Waals surface area contributed by atoms with Gasteiger partial charge in [-0.2, -0.15) is 0 Å². The Kier molecular flexibility index (Phi) is 4.16. The van der Waals surface area contributed by atoms with Crippen molar-refractivity contribution in [2.75, 3.05) is 0 Å². The molecule has 0 saturated heterocycles. The van der Waals surface area contributed by atoms with E-state index in [9.17, 15) is 0 Å². The first kappa shape index (κ1) is 14.1. The standard InChI is InChI=1S/C17H14BrClS/c1-2-11-7-10-16(20-11)17(19)14-8-9-15(18)13-6-4-3-5-12(13)14/h3-10,17H,2H2,1H3. The van der Waals surface area contributed by atoms with E-state index in [1.807, 2.05) is 0 Å². The highest BCUT2D eigenvalue weighted by atomic mass is 79.9. The molecule has 0 aliphatic carbocycles. The Balaban J connectivity index is 2.12. The molecule has 0 fully saturated rings. The highest BCUT2D eigenvalue weighted by molar-refractivity contribution is 9.10. The normalized spacial score (nSPS) is 12.8. The Morgan fingerprint density at radius 1 is 1.05 bits per heavy atom. The monoisotopic (exact) mass is 364 g/mol. The first-order chi connectivity index (χ1) is 9.70. The average molecular weight is 366 g/mol. The van der Waals surface area contributed by atoms with E-state index in [0.717, 1.165) is 10.9 Å². The molecule has 20 heavy (non-hydrogen) atoms. The van der Waals surface area contributed by atoms with Crippen LogP contribution in [0.5, 0.6) is 0 Å². The first-order valence-corrected chi connectivity index (χ1v) is 8.65. The lowest BCUT2D eigenvalue weighted by atomic mass is 10.0. The minimum absolute atomic E-state index is 0.0849. The highest BCUT2D eigenvalue weighted by Gasteiger charge is 2.16. The van der Waals surface area contributed by atoms with Crippen molar-refractivity contribution in [3.63, 3.8) is 0 Å². The van der Waals surface area contributed by atoms with Crippen molar-refractivity contribution in [1.29, 1.82) is 0 Å². The van der Waals surface area contributed by atoms with Crippen LogP contribution in [-0.2, 0) is 6.42 Å². The maximum absolute atomic E-state index is 6.73. The van der Waals surface area contributed by atoms with Crippen molar-refractivity contribution in [3.05, 3.63) is 68.3 Å². The fourth-order valence-corrected chi connectivity index (χ4v) is 4.20. The van der Waals surface area contributed by atoms with Crippen molar-refractivity contribution in [3.8, 4) is 0 Å². The summed E-state index contributed by atoms with van der Waals surface area (Å²) in [5.41, 5.74) is 1.18. The first-order valence-electron chi connectivity index (χ1n) is 6.60. The van der Waals surface area contributed by atoms with E-state index in [0.29, 0.717) is 0 Å². The van der Waals surface area contributed by atoms with Gasteiger partial charge < -0.3 is 0 Å². The number of hydrogen-bond acceptors (Lipinski definition) is 1. The van der Waals surface area contributed by atoms with E-state index in [1.54, 1.807) is 11.3 Å². The SMILES string of the molecule is CCc1ccc(C(Cl)c2ccc(Br)c3ccccc23)s1. The largest absolute Gasteiger partial charge is 0.143 e. The average Bonchev–Trinajstić information content (AvgIpc) is 2.96. The Morgan fingerprint density at radius 2 is 1.80 bits per heavy atom. The van der Waals surface area contributed by atoms with Gasteiger partial charge in [0.15, 0.2) is 0 Å². The summed E-state index contributed by atoms with van der Waals surface area (Å²) in [5.74, 6) is 0. The summed E-state index contributed by atoms with van der Waals surface area (Å²) in [5, 5.41) is 2.34. The van der Waals surface area contributed by atoms with Crippen molar-refractivity contribution in [2.24, 2.45) is 0 Å². The number of benzene rings is 2. The van der Waals surface area contributed by atoms with Crippen LogP contribution in [0, 0.1) is 0 Å².